The molecule has 0 aliphatic rings. The molecule has 20 heavy (non-hydrogen) atoms. The van der Waals surface area contributed by atoms with Crippen LogP contribution in [-0.2, 0) is 11.3 Å². The largest absolute Gasteiger partial charge is 0.351 e. The van der Waals surface area contributed by atoms with E-state index < -0.39 is 0 Å². The second kappa shape index (κ2) is 7.58. The summed E-state index contributed by atoms with van der Waals surface area (Å²) >= 11 is 13.5. The normalized spacial score (nSPS) is 10.3. The van der Waals surface area contributed by atoms with Crippen molar-refractivity contribution in [3.05, 3.63) is 64.1 Å². The predicted molar refractivity (Wildman–Crippen MR) is 85.5 cm³/mol. The average molecular weight is 326 g/mol. The molecule has 1 amide bonds. The van der Waals surface area contributed by atoms with E-state index in [-0.39, 0.29) is 5.91 Å². The van der Waals surface area contributed by atoms with Crippen molar-refractivity contribution < 1.29 is 4.79 Å². The molecule has 0 spiro atoms. The van der Waals surface area contributed by atoms with Gasteiger partial charge in [0.05, 0.1) is 10.8 Å². The topological polar surface area (TPSA) is 29.1 Å². The lowest BCUT2D eigenvalue weighted by Crippen LogP contribution is -2.24. The van der Waals surface area contributed by atoms with E-state index in [2.05, 4.69) is 5.32 Å². The Bertz CT molecular complexity index is 552. The van der Waals surface area contributed by atoms with Crippen LogP contribution in [0.5, 0.6) is 0 Å². The molecule has 0 saturated heterocycles. The second-order valence-electron chi connectivity index (χ2n) is 4.09. The van der Waals surface area contributed by atoms with Gasteiger partial charge in [0, 0.05) is 16.5 Å². The van der Waals surface area contributed by atoms with Gasteiger partial charge in [-0.2, -0.15) is 0 Å². The number of carbonyl (C=O) groups excluding carboxylic acids is 1. The number of rotatable bonds is 5. The lowest BCUT2D eigenvalue weighted by atomic mass is 10.2. The monoisotopic (exact) mass is 325 g/mol. The molecule has 0 aliphatic heterocycles. The molecule has 2 rings (SSSR count). The van der Waals surface area contributed by atoms with Crippen molar-refractivity contribution in [2.75, 3.05) is 5.75 Å². The molecular weight excluding hydrogens is 313 g/mol. The fourth-order valence-electron chi connectivity index (χ4n) is 1.59. The van der Waals surface area contributed by atoms with Crippen molar-refractivity contribution in [2.45, 2.75) is 11.4 Å². The van der Waals surface area contributed by atoms with Crippen LogP contribution < -0.4 is 5.32 Å². The van der Waals surface area contributed by atoms with Crippen molar-refractivity contribution >= 4 is 40.9 Å². The van der Waals surface area contributed by atoms with Crippen LogP contribution in [0.15, 0.2) is 53.4 Å². The van der Waals surface area contributed by atoms with Gasteiger partial charge >= 0.3 is 0 Å². The van der Waals surface area contributed by atoms with Gasteiger partial charge in [0.25, 0.3) is 0 Å². The van der Waals surface area contributed by atoms with Crippen molar-refractivity contribution in [3.8, 4) is 0 Å². The Labute approximate surface area is 132 Å². The van der Waals surface area contributed by atoms with Crippen LogP contribution in [0.25, 0.3) is 0 Å². The summed E-state index contributed by atoms with van der Waals surface area (Å²) in [6, 6.07) is 14.9. The first-order valence-corrected chi connectivity index (χ1v) is 7.78. The van der Waals surface area contributed by atoms with E-state index in [9.17, 15) is 4.79 Å². The zero-order valence-corrected chi connectivity index (χ0v) is 12.9. The third-order valence-electron chi connectivity index (χ3n) is 2.63. The SMILES string of the molecule is O=C(CSc1ccccc1Cl)NCc1ccccc1Cl. The number of nitrogens with one attached hydrogen (secondary N) is 1. The molecule has 2 nitrogen and oxygen atoms in total. The molecule has 0 aromatic heterocycles. The van der Waals surface area contributed by atoms with Crippen molar-refractivity contribution in [2.24, 2.45) is 0 Å². The fourth-order valence-corrected chi connectivity index (χ4v) is 2.86. The van der Waals surface area contributed by atoms with Crippen LogP contribution in [0.1, 0.15) is 5.56 Å². The van der Waals surface area contributed by atoms with Crippen LogP contribution >= 0.6 is 35.0 Å². The second-order valence-corrected chi connectivity index (χ2v) is 5.92. The molecule has 0 bridgehead atoms. The number of thioether (sulfide) groups is 1. The number of hydrogen-bond donors (Lipinski definition) is 1. The summed E-state index contributed by atoms with van der Waals surface area (Å²) in [5, 5.41) is 4.16. The van der Waals surface area contributed by atoms with Crippen LogP contribution in [0, 0.1) is 0 Å². The summed E-state index contributed by atoms with van der Waals surface area (Å²) in [6.45, 7) is 0.432. The summed E-state index contributed by atoms with van der Waals surface area (Å²) in [7, 11) is 0. The molecule has 2 aromatic rings. The van der Waals surface area contributed by atoms with E-state index in [1.54, 1.807) is 0 Å². The van der Waals surface area contributed by atoms with Gasteiger partial charge in [-0.1, -0.05) is 53.5 Å². The highest BCUT2D eigenvalue weighted by molar-refractivity contribution is 8.00. The minimum absolute atomic E-state index is 0.0464. The molecular formula is C15H13Cl2NOS. The molecule has 0 aliphatic carbocycles. The number of amides is 1. The lowest BCUT2D eigenvalue weighted by molar-refractivity contribution is -0.118. The van der Waals surface area contributed by atoms with Crippen LogP contribution in [-0.4, -0.2) is 11.7 Å². The fraction of sp³-hybridized carbons (Fsp3) is 0.133. The molecule has 2 aromatic carbocycles. The Morgan fingerprint density at radius 2 is 1.65 bits per heavy atom. The van der Waals surface area contributed by atoms with Crippen molar-refractivity contribution in [1.29, 1.82) is 0 Å². The van der Waals surface area contributed by atoms with Gasteiger partial charge in [-0.3, -0.25) is 4.79 Å². The van der Waals surface area contributed by atoms with Crippen molar-refractivity contribution in [1.82, 2.24) is 5.32 Å². The van der Waals surface area contributed by atoms with Crippen LogP contribution in [0.2, 0.25) is 10.0 Å². The van der Waals surface area contributed by atoms with E-state index in [1.807, 2.05) is 48.5 Å². The molecule has 0 fully saturated rings. The highest BCUT2D eigenvalue weighted by atomic mass is 35.5. The molecule has 104 valence electrons. The zero-order chi connectivity index (χ0) is 14.4. The number of hydrogen-bond acceptors (Lipinski definition) is 2. The first-order valence-electron chi connectivity index (χ1n) is 6.04. The van der Waals surface area contributed by atoms with Crippen molar-refractivity contribution in [3.63, 3.8) is 0 Å². The molecule has 5 heteroatoms. The highest BCUT2D eigenvalue weighted by Gasteiger charge is 2.06. The number of halogens is 2. The Balaban J connectivity index is 1.82. The van der Waals surface area contributed by atoms with Gasteiger partial charge in [0.1, 0.15) is 0 Å². The van der Waals surface area contributed by atoms with Gasteiger partial charge in [-0.15, -0.1) is 11.8 Å². The molecule has 0 unspecified atom stereocenters. The standard InChI is InChI=1S/C15H13Cl2NOS/c16-12-6-2-1-5-11(12)9-18-15(19)10-20-14-8-4-3-7-13(14)17/h1-8H,9-10H2,(H,18,19). The first-order chi connectivity index (χ1) is 9.66. The molecule has 0 heterocycles. The smallest absolute Gasteiger partial charge is 0.230 e. The zero-order valence-electron chi connectivity index (χ0n) is 10.6. The van der Waals surface area contributed by atoms with E-state index in [0.29, 0.717) is 22.3 Å². The van der Waals surface area contributed by atoms with Crippen LogP contribution in [0.4, 0.5) is 0 Å². The molecule has 0 atom stereocenters. The number of benzene rings is 2. The third kappa shape index (κ3) is 4.44. The molecule has 0 radical (unpaired) electrons. The minimum atomic E-state index is -0.0464. The van der Waals surface area contributed by atoms with Gasteiger partial charge in [-0.05, 0) is 23.8 Å². The Morgan fingerprint density at radius 3 is 2.35 bits per heavy atom. The number of carbonyl (C=O) groups is 1. The summed E-state index contributed by atoms with van der Waals surface area (Å²) < 4.78 is 0. The summed E-state index contributed by atoms with van der Waals surface area (Å²) in [5.74, 6) is 0.281. The maximum absolute atomic E-state index is 11.8. The highest BCUT2D eigenvalue weighted by Crippen LogP contribution is 2.26. The summed E-state index contributed by atoms with van der Waals surface area (Å²) in [4.78, 5) is 12.7. The maximum atomic E-state index is 11.8. The maximum Gasteiger partial charge on any atom is 0.230 e. The minimum Gasteiger partial charge on any atom is -0.351 e. The lowest BCUT2D eigenvalue weighted by Gasteiger charge is -2.07. The molecule has 1 N–H and O–H groups in total. The van der Waals surface area contributed by atoms with E-state index >= 15 is 0 Å². The average Bonchev–Trinajstić information content (AvgIpc) is 2.45. The third-order valence-corrected chi connectivity index (χ3v) is 4.51. The van der Waals surface area contributed by atoms with E-state index in [0.717, 1.165) is 10.5 Å². The Morgan fingerprint density at radius 1 is 1.00 bits per heavy atom. The summed E-state index contributed by atoms with van der Waals surface area (Å²) in [6.07, 6.45) is 0. The summed E-state index contributed by atoms with van der Waals surface area (Å²) in [5.41, 5.74) is 0.908. The molecule has 0 saturated carbocycles. The Kier molecular flexibility index (Phi) is 5.77. The first kappa shape index (κ1) is 15.2. The van der Waals surface area contributed by atoms with Gasteiger partial charge in [-0.25, -0.2) is 0 Å². The van der Waals surface area contributed by atoms with Gasteiger partial charge < -0.3 is 5.32 Å². The van der Waals surface area contributed by atoms with Gasteiger partial charge in [0.2, 0.25) is 5.91 Å². The predicted octanol–water partition coefficient (Wildman–Crippen LogP) is 4.40. The Hall–Kier alpha value is -1.16. The van der Waals surface area contributed by atoms with E-state index in [1.165, 1.54) is 11.8 Å². The quantitative estimate of drug-likeness (QED) is 0.825. The van der Waals surface area contributed by atoms with Crippen LogP contribution in [0.3, 0.4) is 0 Å². The van der Waals surface area contributed by atoms with E-state index in [4.69, 9.17) is 23.2 Å². The van der Waals surface area contributed by atoms with Gasteiger partial charge in [0.15, 0.2) is 0 Å².